The van der Waals surface area contributed by atoms with Crippen LogP contribution in [-0.2, 0) is 5.54 Å². The first-order valence-corrected chi connectivity index (χ1v) is 12.4. The molecule has 1 saturated heterocycles. The maximum atomic E-state index is 13.5. The van der Waals surface area contributed by atoms with Crippen molar-refractivity contribution >= 4 is 16.8 Å². The highest BCUT2D eigenvalue weighted by Crippen LogP contribution is 2.49. The summed E-state index contributed by atoms with van der Waals surface area (Å²) in [5.41, 5.74) is 4.67. The molecule has 2 aromatic carbocycles. The molecule has 2 aliphatic rings. The third-order valence-electron chi connectivity index (χ3n) is 7.29. The number of carbonyl (C=O) groups excluding carboxylic acids is 1. The van der Waals surface area contributed by atoms with Gasteiger partial charge in [-0.3, -0.25) is 14.6 Å². The zero-order chi connectivity index (χ0) is 24.7. The molecule has 1 saturated carbocycles. The molecule has 7 heteroatoms. The van der Waals surface area contributed by atoms with Crippen LogP contribution in [0.3, 0.4) is 0 Å². The third-order valence-corrected chi connectivity index (χ3v) is 7.29. The molecular weight excluding hydrogens is 452 g/mol. The molecule has 0 spiro atoms. The summed E-state index contributed by atoms with van der Waals surface area (Å²) in [5, 5.41) is 7.69. The summed E-state index contributed by atoms with van der Waals surface area (Å²) in [5.74, 6) is 0.600. The van der Waals surface area contributed by atoms with Gasteiger partial charge in [0.1, 0.15) is 12.4 Å². The van der Waals surface area contributed by atoms with Gasteiger partial charge in [-0.1, -0.05) is 12.1 Å². The molecule has 182 valence electrons. The molecule has 6 rings (SSSR count). The van der Waals surface area contributed by atoms with Gasteiger partial charge in [0.25, 0.3) is 5.91 Å². The van der Waals surface area contributed by atoms with Crippen molar-refractivity contribution in [2.75, 3.05) is 13.2 Å². The Morgan fingerprint density at radius 2 is 2.00 bits per heavy atom. The molecule has 1 aliphatic carbocycles. The zero-order valence-corrected chi connectivity index (χ0v) is 20.1. The summed E-state index contributed by atoms with van der Waals surface area (Å²) in [4.78, 5) is 32.5. The monoisotopic (exact) mass is 480 g/mol. The quantitative estimate of drug-likeness (QED) is 0.371. The second-order valence-electron chi connectivity index (χ2n) is 9.80. The molecule has 1 amide bonds. The van der Waals surface area contributed by atoms with Crippen LogP contribution in [0.1, 0.15) is 40.7 Å². The maximum Gasteiger partial charge on any atom is 0.252 e. The molecule has 3 heterocycles. The first-order valence-electron chi connectivity index (χ1n) is 12.4. The number of pyridine rings is 2. The summed E-state index contributed by atoms with van der Waals surface area (Å²) in [7, 11) is 0. The SMILES string of the molecule is Cc1ccc(OC[C@@H]2CCN2)cc1C(=O)NC1(c2cc(-c3ccc(=O)[nH]c3)cc3ncccc23)CC1. The molecule has 36 heavy (non-hydrogen) atoms. The van der Waals surface area contributed by atoms with Crippen LogP contribution in [0.15, 0.2) is 71.8 Å². The molecule has 1 atom stereocenters. The minimum atomic E-state index is -0.463. The molecule has 0 unspecified atom stereocenters. The van der Waals surface area contributed by atoms with Crippen molar-refractivity contribution in [3.8, 4) is 16.9 Å². The summed E-state index contributed by atoms with van der Waals surface area (Å²) in [6.45, 7) is 3.58. The normalized spacial score (nSPS) is 17.9. The second-order valence-corrected chi connectivity index (χ2v) is 9.80. The van der Waals surface area contributed by atoms with Gasteiger partial charge in [0.15, 0.2) is 0 Å². The van der Waals surface area contributed by atoms with Gasteiger partial charge in [-0.05, 0) is 91.4 Å². The Morgan fingerprint density at radius 3 is 2.72 bits per heavy atom. The van der Waals surface area contributed by atoms with Crippen molar-refractivity contribution in [2.45, 2.75) is 37.8 Å². The highest BCUT2D eigenvalue weighted by atomic mass is 16.5. The van der Waals surface area contributed by atoms with Crippen molar-refractivity contribution in [3.63, 3.8) is 0 Å². The Morgan fingerprint density at radius 1 is 1.14 bits per heavy atom. The first-order chi connectivity index (χ1) is 17.5. The van der Waals surface area contributed by atoms with Gasteiger partial charge >= 0.3 is 0 Å². The largest absolute Gasteiger partial charge is 0.492 e. The number of hydrogen-bond acceptors (Lipinski definition) is 5. The van der Waals surface area contributed by atoms with Crippen molar-refractivity contribution in [1.29, 1.82) is 0 Å². The van der Waals surface area contributed by atoms with E-state index in [4.69, 9.17) is 4.74 Å². The minimum Gasteiger partial charge on any atom is -0.492 e. The van der Waals surface area contributed by atoms with Gasteiger partial charge < -0.3 is 20.4 Å². The Hall–Kier alpha value is -3.97. The van der Waals surface area contributed by atoms with E-state index in [2.05, 4.69) is 32.7 Å². The standard InChI is InChI=1S/C29H28N4O3/c1-18-4-6-22(36-17-21-8-12-30-21)15-24(18)28(35)33-29(9-10-29)25-13-20(19-5-7-27(34)32-16-19)14-26-23(25)3-2-11-31-26/h2-7,11,13-16,21,30H,8-10,12,17H2,1H3,(H,32,34)(H,33,35)/t21-/m0/s1. The number of nitrogens with one attached hydrogen (secondary N) is 3. The molecular formula is C29H28N4O3. The average molecular weight is 481 g/mol. The Labute approximate surface area is 208 Å². The number of aromatic nitrogens is 2. The van der Waals surface area contributed by atoms with Crippen LogP contribution in [0.25, 0.3) is 22.0 Å². The lowest BCUT2D eigenvalue weighted by molar-refractivity contribution is 0.0930. The van der Waals surface area contributed by atoms with Crippen LogP contribution in [0, 0.1) is 6.92 Å². The number of rotatable bonds is 7. The van der Waals surface area contributed by atoms with Crippen LogP contribution in [-0.4, -0.2) is 35.1 Å². The predicted molar refractivity (Wildman–Crippen MR) is 139 cm³/mol. The van der Waals surface area contributed by atoms with Gasteiger partial charge in [-0.15, -0.1) is 0 Å². The number of carbonyl (C=O) groups is 1. The lowest BCUT2D eigenvalue weighted by Gasteiger charge is -2.27. The van der Waals surface area contributed by atoms with Crippen molar-refractivity contribution in [3.05, 3.63) is 94.0 Å². The summed E-state index contributed by atoms with van der Waals surface area (Å²) in [6.07, 6.45) is 6.29. The number of aryl methyl sites for hydroxylation is 1. The Kier molecular flexibility index (Phi) is 5.57. The fourth-order valence-corrected chi connectivity index (χ4v) is 4.83. The Balaban J connectivity index is 1.32. The number of fused-ring (bicyclic) bond motifs is 1. The van der Waals surface area contributed by atoms with E-state index in [0.717, 1.165) is 59.0 Å². The van der Waals surface area contributed by atoms with Crippen LogP contribution >= 0.6 is 0 Å². The zero-order valence-electron chi connectivity index (χ0n) is 20.1. The lowest BCUT2D eigenvalue weighted by Crippen LogP contribution is -2.46. The second kappa shape index (κ2) is 8.91. The van der Waals surface area contributed by atoms with Gasteiger partial charge in [0, 0.05) is 35.5 Å². The summed E-state index contributed by atoms with van der Waals surface area (Å²) in [6, 6.07) is 17.5. The highest BCUT2D eigenvalue weighted by Gasteiger charge is 2.47. The molecule has 2 fully saturated rings. The van der Waals surface area contributed by atoms with Crippen molar-refractivity contribution in [1.82, 2.24) is 20.6 Å². The number of benzene rings is 2. The molecule has 7 nitrogen and oxygen atoms in total. The van der Waals surface area contributed by atoms with E-state index in [-0.39, 0.29) is 11.5 Å². The number of hydrogen-bond donors (Lipinski definition) is 3. The van der Waals surface area contributed by atoms with Crippen molar-refractivity contribution < 1.29 is 9.53 Å². The topological polar surface area (TPSA) is 96.1 Å². The van der Waals surface area contributed by atoms with E-state index in [1.54, 1.807) is 18.5 Å². The fraction of sp³-hybridized carbons (Fsp3) is 0.276. The molecule has 2 aromatic heterocycles. The third kappa shape index (κ3) is 4.27. The number of H-pyrrole nitrogens is 1. The number of nitrogens with zero attached hydrogens (tertiary/aromatic N) is 1. The van der Waals surface area contributed by atoms with E-state index in [0.29, 0.717) is 24.0 Å². The van der Waals surface area contributed by atoms with Crippen LogP contribution < -0.4 is 20.9 Å². The summed E-state index contributed by atoms with van der Waals surface area (Å²) >= 11 is 0. The average Bonchev–Trinajstić information content (AvgIpc) is 3.64. The molecule has 0 radical (unpaired) electrons. The molecule has 0 bridgehead atoms. The number of amides is 1. The fourth-order valence-electron chi connectivity index (χ4n) is 4.83. The lowest BCUT2D eigenvalue weighted by atomic mass is 9.93. The maximum absolute atomic E-state index is 13.5. The Bertz CT molecular complexity index is 1500. The van der Waals surface area contributed by atoms with Gasteiger partial charge in [0.05, 0.1) is 11.1 Å². The van der Waals surface area contributed by atoms with E-state index >= 15 is 0 Å². The van der Waals surface area contributed by atoms with E-state index in [9.17, 15) is 9.59 Å². The number of aromatic amines is 1. The highest BCUT2D eigenvalue weighted by molar-refractivity contribution is 5.98. The van der Waals surface area contributed by atoms with E-state index in [1.807, 2.05) is 37.3 Å². The molecule has 1 aliphatic heterocycles. The van der Waals surface area contributed by atoms with Gasteiger partial charge in [-0.25, -0.2) is 0 Å². The van der Waals surface area contributed by atoms with E-state index < -0.39 is 5.54 Å². The molecule has 3 N–H and O–H groups in total. The van der Waals surface area contributed by atoms with Gasteiger partial charge in [-0.2, -0.15) is 0 Å². The summed E-state index contributed by atoms with van der Waals surface area (Å²) < 4.78 is 5.94. The molecule has 4 aromatic rings. The van der Waals surface area contributed by atoms with Crippen LogP contribution in [0.4, 0.5) is 0 Å². The number of ether oxygens (including phenoxy) is 1. The minimum absolute atomic E-state index is 0.108. The predicted octanol–water partition coefficient (Wildman–Crippen LogP) is 4.06. The van der Waals surface area contributed by atoms with E-state index in [1.165, 1.54) is 6.07 Å². The first kappa shape index (κ1) is 22.5. The van der Waals surface area contributed by atoms with Gasteiger partial charge in [0.2, 0.25) is 5.56 Å². The van der Waals surface area contributed by atoms with Crippen molar-refractivity contribution in [2.24, 2.45) is 0 Å². The van der Waals surface area contributed by atoms with Crippen LogP contribution in [0.2, 0.25) is 0 Å². The van der Waals surface area contributed by atoms with Crippen LogP contribution in [0.5, 0.6) is 5.75 Å². The smallest absolute Gasteiger partial charge is 0.252 e.